The summed E-state index contributed by atoms with van der Waals surface area (Å²) in [5, 5.41) is 0. The number of hydrogen-bond acceptors (Lipinski definition) is 3. The van der Waals surface area contributed by atoms with Crippen LogP contribution in [0.1, 0.15) is 62.2 Å². The number of rotatable bonds is 5. The Kier molecular flexibility index (Phi) is 4.29. The number of para-hydroxylation sites is 1. The minimum Gasteiger partial charge on any atom is -0.490 e. The van der Waals surface area contributed by atoms with E-state index in [2.05, 4.69) is 0 Å². The lowest BCUT2D eigenvalue weighted by molar-refractivity contribution is -0.0509. The molecule has 1 spiro atoms. The van der Waals surface area contributed by atoms with E-state index in [0.29, 0.717) is 24.3 Å². The van der Waals surface area contributed by atoms with E-state index < -0.39 is 0 Å². The van der Waals surface area contributed by atoms with Gasteiger partial charge in [-0.2, -0.15) is 0 Å². The van der Waals surface area contributed by atoms with Crippen LogP contribution in [0, 0.1) is 0 Å². The van der Waals surface area contributed by atoms with Crippen molar-refractivity contribution in [3.8, 4) is 5.75 Å². The number of Topliss-reactive ketones (excluding diaryl/α,β-unsaturated/α-hetero) is 1. The molecule has 0 amide bonds. The second-order valence-corrected chi connectivity index (χ2v) is 6.25. The molecule has 1 atom stereocenters. The summed E-state index contributed by atoms with van der Waals surface area (Å²) in [5.41, 5.74) is 0.834. The average Bonchev–Trinajstić information content (AvgIpc) is 3.15. The molecule has 1 aliphatic carbocycles. The van der Waals surface area contributed by atoms with Crippen molar-refractivity contribution in [1.29, 1.82) is 0 Å². The zero-order chi connectivity index (χ0) is 14.7. The van der Waals surface area contributed by atoms with E-state index in [9.17, 15) is 4.79 Å². The van der Waals surface area contributed by atoms with Crippen molar-refractivity contribution in [2.24, 2.45) is 0 Å². The maximum absolute atomic E-state index is 11.9. The summed E-state index contributed by atoms with van der Waals surface area (Å²) >= 11 is 0. The number of benzene rings is 1. The first-order valence-electron chi connectivity index (χ1n) is 8.15. The Labute approximate surface area is 126 Å². The first-order chi connectivity index (χ1) is 10.2. The Bertz CT molecular complexity index is 503. The molecule has 0 N–H and O–H groups in total. The average molecular weight is 288 g/mol. The first-order valence-corrected chi connectivity index (χ1v) is 8.15. The standard InChI is InChI=1S/C18H24O3/c1-2-16(19)15-7-3-4-8-17(15)20-13-14-9-12-18(21-14)10-5-6-11-18/h3-4,7-8,14H,2,5-6,9-13H2,1H3. The SMILES string of the molecule is CCC(=O)c1ccccc1OCC1CCC2(CCCC2)O1. The second-order valence-electron chi connectivity index (χ2n) is 6.25. The predicted octanol–water partition coefficient (Wildman–Crippen LogP) is 4.15. The monoisotopic (exact) mass is 288 g/mol. The van der Waals surface area contributed by atoms with E-state index >= 15 is 0 Å². The molecule has 1 saturated heterocycles. The Balaban J connectivity index is 1.60. The third kappa shape index (κ3) is 3.13. The van der Waals surface area contributed by atoms with Gasteiger partial charge in [-0.1, -0.05) is 31.9 Å². The van der Waals surface area contributed by atoms with Crippen molar-refractivity contribution >= 4 is 5.78 Å². The van der Waals surface area contributed by atoms with Crippen LogP contribution in [0.25, 0.3) is 0 Å². The molecule has 3 rings (SSSR count). The zero-order valence-corrected chi connectivity index (χ0v) is 12.8. The minimum absolute atomic E-state index is 0.130. The fourth-order valence-corrected chi connectivity index (χ4v) is 3.60. The van der Waals surface area contributed by atoms with Crippen molar-refractivity contribution in [2.75, 3.05) is 6.61 Å². The molecule has 0 aromatic heterocycles. The molecule has 1 aromatic carbocycles. The lowest BCUT2D eigenvalue weighted by atomic mass is 9.98. The Morgan fingerprint density at radius 1 is 1.29 bits per heavy atom. The summed E-state index contributed by atoms with van der Waals surface area (Å²) in [6.45, 7) is 2.43. The van der Waals surface area contributed by atoms with E-state index in [-0.39, 0.29) is 17.5 Å². The molecule has 2 aliphatic rings. The molecule has 1 unspecified atom stereocenters. The van der Waals surface area contributed by atoms with E-state index in [0.717, 1.165) is 12.8 Å². The molecule has 21 heavy (non-hydrogen) atoms. The summed E-state index contributed by atoms with van der Waals surface area (Å²) in [7, 11) is 0. The largest absolute Gasteiger partial charge is 0.490 e. The van der Waals surface area contributed by atoms with Crippen LogP contribution in [0.3, 0.4) is 0 Å². The van der Waals surface area contributed by atoms with Gasteiger partial charge >= 0.3 is 0 Å². The molecule has 1 aliphatic heterocycles. The van der Waals surface area contributed by atoms with Crippen molar-refractivity contribution in [3.63, 3.8) is 0 Å². The zero-order valence-electron chi connectivity index (χ0n) is 12.8. The van der Waals surface area contributed by atoms with Crippen LogP contribution in [0.15, 0.2) is 24.3 Å². The van der Waals surface area contributed by atoms with Crippen molar-refractivity contribution in [1.82, 2.24) is 0 Å². The third-order valence-electron chi connectivity index (χ3n) is 4.79. The van der Waals surface area contributed by atoms with Crippen molar-refractivity contribution in [3.05, 3.63) is 29.8 Å². The smallest absolute Gasteiger partial charge is 0.166 e. The van der Waals surface area contributed by atoms with Gasteiger partial charge in [-0.25, -0.2) is 0 Å². The molecule has 0 bridgehead atoms. The first kappa shape index (κ1) is 14.6. The summed E-state index contributed by atoms with van der Waals surface area (Å²) in [6.07, 6.45) is 7.91. The number of carbonyl (C=O) groups is 1. The van der Waals surface area contributed by atoms with Gasteiger partial charge in [0.1, 0.15) is 12.4 Å². The normalized spacial score (nSPS) is 23.6. The molecule has 114 valence electrons. The van der Waals surface area contributed by atoms with E-state index in [4.69, 9.17) is 9.47 Å². The highest BCUT2D eigenvalue weighted by Crippen LogP contribution is 2.43. The third-order valence-corrected chi connectivity index (χ3v) is 4.79. The number of ether oxygens (including phenoxy) is 2. The molecule has 1 heterocycles. The van der Waals surface area contributed by atoms with Crippen LogP contribution in [0.4, 0.5) is 0 Å². The highest BCUT2D eigenvalue weighted by atomic mass is 16.6. The fourth-order valence-electron chi connectivity index (χ4n) is 3.60. The van der Waals surface area contributed by atoms with Gasteiger partial charge < -0.3 is 9.47 Å². The number of carbonyl (C=O) groups excluding carboxylic acids is 1. The minimum atomic E-state index is 0.130. The fraction of sp³-hybridized carbons (Fsp3) is 0.611. The van der Waals surface area contributed by atoms with Crippen LogP contribution in [-0.4, -0.2) is 24.1 Å². The second kappa shape index (κ2) is 6.18. The molecular formula is C18H24O3. The summed E-state index contributed by atoms with van der Waals surface area (Å²) in [5.74, 6) is 0.825. The van der Waals surface area contributed by atoms with Crippen LogP contribution >= 0.6 is 0 Å². The molecule has 3 heteroatoms. The van der Waals surface area contributed by atoms with Crippen LogP contribution in [0.5, 0.6) is 5.75 Å². The van der Waals surface area contributed by atoms with Gasteiger partial charge in [0, 0.05) is 6.42 Å². The molecule has 0 radical (unpaired) electrons. The highest BCUT2D eigenvalue weighted by molar-refractivity contribution is 5.98. The summed E-state index contributed by atoms with van der Waals surface area (Å²) in [6, 6.07) is 7.52. The van der Waals surface area contributed by atoms with Gasteiger partial charge in [0.2, 0.25) is 0 Å². The molecule has 1 aromatic rings. The predicted molar refractivity (Wildman–Crippen MR) is 81.9 cm³/mol. The van der Waals surface area contributed by atoms with Gasteiger partial charge in [0.25, 0.3) is 0 Å². The maximum atomic E-state index is 11.9. The van der Waals surface area contributed by atoms with E-state index in [1.165, 1.54) is 25.7 Å². The Morgan fingerprint density at radius 2 is 2.05 bits per heavy atom. The van der Waals surface area contributed by atoms with Crippen LogP contribution < -0.4 is 4.74 Å². The van der Waals surface area contributed by atoms with E-state index in [1.54, 1.807) is 0 Å². The molecule has 2 fully saturated rings. The molecule has 3 nitrogen and oxygen atoms in total. The van der Waals surface area contributed by atoms with Gasteiger partial charge in [-0.15, -0.1) is 0 Å². The number of hydrogen-bond donors (Lipinski definition) is 0. The van der Waals surface area contributed by atoms with Gasteiger partial charge in [0.05, 0.1) is 17.3 Å². The quantitative estimate of drug-likeness (QED) is 0.764. The van der Waals surface area contributed by atoms with Crippen LogP contribution in [-0.2, 0) is 4.74 Å². The van der Waals surface area contributed by atoms with E-state index in [1.807, 2.05) is 31.2 Å². The lowest BCUT2D eigenvalue weighted by Crippen LogP contribution is -2.27. The van der Waals surface area contributed by atoms with Crippen LogP contribution in [0.2, 0.25) is 0 Å². The van der Waals surface area contributed by atoms with Gasteiger partial charge in [-0.05, 0) is 37.8 Å². The van der Waals surface area contributed by atoms with Crippen molar-refractivity contribution in [2.45, 2.75) is 63.6 Å². The van der Waals surface area contributed by atoms with Gasteiger partial charge in [-0.3, -0.25) is 4.79 Å². The highest BCUT2D eigenvalue weighted by Gasteiger charge is 2.42. The molecule has 1 saturated carbocycles. The van der Waals surface area contributed by atoms with Gasteiger partial charge in [0.15, 0.2) is 5.78 Å². The summed E-state index contributed by atoms with van der Waals surface area (Å²) < 4.78 is 12.1. The lowest BCUT2D eigenvalue weighted by Gasteiger charge is -2.24. The topological polar surface area (TPSA) is 35.5 Å². The Hall–Kier alpha value is -1.35. The Morgan fingerprint density at radius 3 is 2.81 bits per heavy atom. The number of ketones is 1. The summed E-state index contributed by atoms with van der Waals surface area (Å²) in [4.78, 5) is 11.9. The maximum Gasteiger partial charge on any atom is 0.166 e. The molecular weight excluding hydrogens is 264 g/mol. The van der Waals surface area contributed by atoms with Crippen molar-refractivity contribution < 1.29 is 14.3 Å².